The van der Waals surface area contributed by atoms with Gasteiger partial charge in [0.1, 0.15) is 11.9 Å². The van der Waals surface area contributed by atoms with Gasteiger partial charge in [0.25, 0.3) is 0 Å². The number of anilines is 2. The molecule has 110 valence electrons. The number of carbonyl (C=O) groups excluding carboxylic acids is 1. The molecule has 0 bridgehead atoms. The fourth-order valence-corrected chi connectivity index (χ4v) is 1.80. The van der Waals surface area contributed by atoms with Crippen molar-refractivity contribution < 1.29 is 14.7 Å². The van der Waals surface area contributed by atoms with Gasteiger partial charge in [0.2, 0.25) is 5.91 Å². The maximum atomic E-state index is 12.1. The minimum Gasteiger partial charge on any atom is -0.478 e. The van der Waals surface area contributed by atoms with E-state index in [1.807, 2.05) is 13.8 Å². The molecule has 0 fully saturated rings. The van der Waals surface area contributed by atoms with Crippen molar-refractivity contribution in [2.24, 2.45) is 0 Å². The number of amides is 1. The maximum Gasteiger partial charge on any atom is 0.337 e. The molecule has 1 aromatic heterocycles. The lowest BCUT2D eigenvalue weighted by Crippen LogP contribution is -2.41. The smallest absolute Gasteiger partial charge is 0.337 e. The number of nitrogens with zero attached hydrogens (tertiary/aromatic N) is 2. The number of hydrogen-bond donors (Lipinski definition) is 3. The molecule has 0 radical (unpaired) electrons. The molecule has 0 saturated heterocycles. The fourth-order valence-electron chi connectivity index (χ4n) is 1.80. The largest absolute Gasteiger partial charge is 0.478 e. The normalized spacial score (nSPS) is 11.8. The van der Waals surface area contributed by atoms with E-state index in [2.05, 4.69) is 10.3 Å². The number of carbonyl (C=O) groups is 2. The summed E-state index contributed by atoms with van der Waals surface area (Å²) in [7, 11) is 0. The van der Waals surface area contributed by atoms with Gasteiger partial charge in [-0.1, -0.05) is 0 Å². The lowest BCUT2D eigenvalue weighted by atomic mass is 10.2. The molecule has 1 rings (SSSR count). The summed E-state index contributed by atoms with van der Waals surface area (Å²) in [6, 6.07) is 0.826. The highest BCUT2D eigenvalue weighted by molar-refractivity contribution is 5.90. The number of likely N-dealkylation sites (N-methyl/N-ethyl adjacent to an activating group) is 1. The van der Waals surface area contributed by atoms with Gasteiger partial charge in [0.15, 0.2) is 0 Å². The van der Waals surface area contributed by atoms with Crippen LogP contribution in [0.15, 0.2) is 12.3 Å². The van der Waals surface area contributed by atoms with Gasteiger partial charge in [-0.2, -0.15) is 0 Å². The second-order valence-electron chi connectivity index (χ2n) is 4.34. The Morgan fingerprint density at radius 1 is 1.45 bits per heavy atom. The van der Waals surface area contributed by atoms with Gasteiger partial charge < -0.3 is 21.1 Å². The first kappa shape index (κ1) is 15.7. The van der Waals surface area contributed by atoms with Crippen LogP contribution in [-0.2, 0) is 4.79 Å². The van der Waals surface area contributed by atoms with Gasteiger partial charge in [-0.15, -0.1) is 0 Å². The first-order valence-electron chi connectivity index (χ1n) is 6.44. The molecule has 0 spiro atoms. The summed E-state index contributed by atoms with van der Waals surface area (Å²) in [5.41, 5.74) is 5.94. The fraction of sp³-hybridized carbons (Fsp3) is 0.462. The van der Waals surface area contributed by atoms with E-state index in [0.717, 1.165) is 0 Å². The summed E-state index contributed by atoms with van der Waals surface area (Å²) in [6.45, 7) is 6.78. The summed E-state index contributed by atoms with van der Waals surface area (Å²) < 4.78 is 0. The van der Waals surface area contributed by atoms with Crippen LogP contribution in [0.3, 0.4) is 0 Å². The number of aromatic carboxylic acids is 1. The molecule has 1 amide bonds. The first-order valence-corrected chi connectivity index (χ1v) is 6.44. The number of nitrogen functional groups attached to an aromatic ring is 1. The van der Waals surface area contributed by atoms with Crippen LogP contribution >= 0.6 is 0 Å². The zero-order valence-electron chi connectivity index (χ0n) is 11.9. The Morgan fingerprint density at radius 3 is 2.50 bits per heavy atom. The number of nitrogens with one attached hydrogen (secondary N) is 1. The number of pyridine rings is 1. The quantitative estimate of drug-likeness (QED) is 0.718. The number of rotatable bonds is 6. The topological polar surface area (TPSA) is 109 Å². The lowest BCUT2D eigenvalue weighted by Gasteiger charge is -2.24. The average molecular weight is 280 g/mol. The molecule has 1 atom stereocenters. The molecular weight excluding hydrogens is 260 g/mol. The third-order valence-electron chi connectivity index (χ3n) is 2.96. The van der Waals surface area contributed by atoms with Gasteiger partial charge in [-0.05, 0) is 26.8 Å². The van der Waals surface area contributed by atoms with Crippen LogP contribution < -0.4 is 11.1 Å². The average Bonchev–Trinajstić information content (AvgIpc) is 2.41. The van der Waals surface area contributed by atoms with Crippen LogP contribution in [-0.4, -0.2) is 46.0 Å². The van der Waals surface area contributed by atoms with Crippen LogP contribution in [0.4, 0.5) is 11.5 Å². The molecule has 20 heavy (non-hydrogen) atoms. The van der Waals surface area contributed by atoms with Crippen molar-refractivity contribution in [1.29, 1.82) is 0 Å². The van der Waals surface area contributed by atoms with Crippen LogP contribution in [0.5, 0.6) is 0 Å². The Morgan fingerprint density at radius 2 is 2.05 bits per heavy atom. The Labute approximate surface area is 117 Å². The van der Waals surface area contributed by atoms with E-state index in [1.165, 1.54) is 12.3 Å². The summed E-state index contributed by atoms with van der Waals surface area (Å²) in [6.07, 6.45) is 1.20. The number of hydrogen-bond acceptors (Lipinski definition) is 5. The van der Waals surface area contributed by atoms with Gasteiger partial charge >= 0.3 is 5.97 Å². The molecule has 4 N–H and O–H groups in total. The second-order valence-corrected chi connectivity index (χ2v) is 4.34. The summed E-state index contributed by atoms with van der Waals surface area (Å²) in [5, 5.41) is 11.7. The van der Waals surface area contributed by atoms with Gasteiger partial charge in [-0.3, -0.25) is 4.79 Å². The van der Waals surface area contributed by atoms with Crippen LogP contribution in [0.2, 0.25) is 0 Å². The van der Waals surface area contributed by atoms with Crippen LogP contribution in [0, 0.1) is 0 Å². The van der Waals surface area contributed by atoms with E-state index in [4.69, 9.17) is 10.8 Å². The molecule has 0 aromatic carbocycles. The standard InChI is InChI=1S/C13H20N4O3/c1-4-17(5-2)12(18)8(3)16-11-10(14)6-9(7-15-11)13(19)20/h6-8H,4-5,14H2,1-3H3,(H,15,16)(H,19,20). The Bertz CT molecular complexity index is 500. The van der Waals surface area contributed by atoms with Gasteiger partial charge in [-0.25, -0.2) is 9.78 Å². The van der Waals surface area contributed by atoms with E-state index < -0.39 is 12.0 Å². The Balaban J connectivity index is 2.83. The highest BCUT2D eigenvalue weighted by atomic mass is 16.4. The molecule has 1 heterocycles. The molecule has 0 aliphatic carbocycles. The van der Waals surface area contributed by atoms with E-state index in [9.17, 15) is 9.59 Å². The highest BCUT2D eigenvalue weighted by Gasteiger charge is 2.19. The summed E-state index contributed by atoms with van der Waals surface area (Å²) >= 11 is 0. The van der Waals surface area contributed by atoms with E-state index in [0.29, 0.717) is 18.9 Å². The van der Waals surface area contributed by atoms with Crippen LogP contribution in [0.25, 0.3) is 0 Å². The zero-order chi connectivity index (χ0) is 15.3. The third kappa shape index (κ3) is 3.59. The van der Waals surface area contributed by atoms with E-state index in [1.54, 1.807) is 11.8 Å². The molecule has 0 saturated carbocycles. The van der Waals surface area contributed by atoms with E-state index >= 15 is 0 Å². The van der Waals surface area contributed by atoms with Crippen molar-refractivity contribution in [1.82, 2.24) is 9.88 Å². The lowest BCUT2D eigenvalue weighted by molar-refractivity contribution is -0.131. The molecule has 0 aliphatic heterocycles. The summed E-state index contributed by atoms with van der Waals surface area (Å²) in [5.74, 6) is -0.843. The second kappa shape index (κ2) is 6.74. The number of nitrogens with two attached hydrogens (primary N) is 1. The predicted octanol–water partition coefficient (Wildman–Crippen LogP) is 1.03. The van der Waals surface area contributed by atoms with Gasteiger partial charge in [0.05, 0.1) is 11.3 Å². The molecule has 7 heteroatoms. The minimum atomic E-state index is -1.09. The van der Waals surface area contributed by atoms with Gasteiger partial charge in [0, 0.05) is 19.3 Å². The number of carboxylic acid groups (broad SMARTS) is 1. The van der Waals surface area contributed by atoms with Crippen molar-refractivity contribution in [2.45, 2.75) is 26.8 Å². The first-order chi connectivity index (χ1) is 9.40. The molecular formula is C13H20N4O3. The minimum absolute atomic E-state index is 0.00997. The monoisotopic (exact) mass is 280 g/mol. The number of aromatic nitrogens is 1. The molecule has 1 unspecified atom stereocenters. The van der Waals surface area contributed by atoms with Crippen molar-refractivity contribution >= 4 is 23.4 Å². The van der Waals surface area contributed by atoms with Crippen molar-refractivity contribution in [3.05, 3.63) is 17.8 Å². The molecule has 7 nitrogen and oxygen atoms in total. The highest BCUT2D eigenvalue weighted by Crippen LogP contribution is 2.17. The third-order valence-corrected chi connectivity index (χ3v) is 2.96. The SMILES string of the molecule is CCN(CC)C(=O)C(C)Nc1ncc(C(=O)O)cc1N. The number of carboxylic acids is 1. The van der Waals surface area contributed by atoms with Crippen LogP contribution in [0.1, 0.15) is 31.1 Å². The predicted molar refractivity (Wildman–Crippen MR) is 76.6 cm³/mol. The summed E-state index contributed by atoms with van der Waals surface area (Å²) in [4.78, 5) is 28.5. The van der Waals surface area contributed by atoms with Crippen molar-refractivity contribution in [3.63, 3.8) is 0 Å². The van der Waals surface area contributed by atoms with Crippen molar-refractivity contribution in [2.75, 3.05) is 24.1 Å². The Kier molecular flexibility index (Phi) is 5.31. The zero-order valence-corrected chi connectivity index (χ0v) is 11.9. The Hall–Kier alpha value is -2.31. The molecule has 1 aromatic rings. The molecule has 0 aliphatic rings. The van der Waals surface area contributed by atoms with Crippen molar-refractivity contribution in [3.8, 4) is 0 Å². The maximum absolute atomic E-state index is 12.1. The van der Waals surface area contributed by atoms with E-state index in [-0.39, 0.29) is 17.2 Å².